The number of nitrogens with zero attached hydrogens (tertiary/aromatic N) is 6. The Morgan fingerprint density at radius 1 is 1.21 bits per heavy atom. The molecule has 96 valence electrons. The molecule has 1 aromatic carbocycles. The summed E-state index contributed by atoms with van der Waals surface area (Å²) in [5, 5.41) is 11.8. The van der Waals surface area contributed by atoms with E-state index in [1.807, 2.05) is 10.8 Å². The number of imidazole rings is 1. The van der Waals surface area contributed by atoms with Crippen LogP contribution in [0.3, 0.4) is 0 Å². The SMILES string of the molecule is Cn1nnc(Cn2cnc(-c3ccc(F)cc3)c2)n1. The lowest BCUT2D eigenvalue weighted by Gasteiger charge is -1.96. The van der Waals surface area contributed by atoms with Crippen LogP contribution in [0, 0.1) is 5.82 Å². The first-order valence-corrected chi connectivity index (χ1v) is 5.71. The van der Waals surface area contributed by atoms with E-state index in [4.69, 9.17) is 0 Å². The summed E-state index contributed by atoms with van der Waals surface area (Å²) in [5.74, 6) is 0.359. The molecular formula is C12H11FN6. The van der Waals surface area contributed by atoms with E-state index < -0.39 is 0 Å². The van der Waals surface area contributed by atoms with Crippen LogP contribution >= 0.6 is 0 Å². The second kappa shape index (κ2) is 4.60. The van der Waals surface area contributed by atoms with Crippen molar-refractivity contribution in [1.29, 1.82) is 0 Å². The standard InChI is InChI=1S/C12H11FN6/c1-18-16-12(15-17-18)7-19-6-11(14-8-19)9-2-4-10(13)5-3-9/h2-6,8H,7H2,1H3. The molecule has 0 unspecified atom stereocenters. The Morgan fingerprint density at radius 2 is 2.00 bits per heavy atom. The van der Waals surface area contributed by atoms with Gasteiger partial charge in [-0.1, -0.05) is 0 Å². The fraction of sp³-hybridized carbons (Fsp3) is 0.167. The number of aryl methyl sites for hydroxylation is 1. The minimum atomic E-state index is -0.257. The van der Waals surface area contributed by atoms with Crippen molar-refractivity contribution in [2.24, 2.45) is 7.05 Å². The molecule has 7 heteroatoms. The summed E-state index contributed by atoms with van der Waals surface area (Å²) in [6.07, 6.45) is 3.55. The molecule has 0 radical (unpaired) electrons. The zero-order valence-electron chi connectivity index (χ0n) is 10.2. The molecule has 0 saturated heterocycles. The molecule has 0 aliphatic carbocycles. The van der Waals surface area contributed by atoms with Crippen molar-refractivity contribution in [3.05, 3.63) is 48.4 Å². The molecule has 3 rings (SSSR count). The summed E-state index contributed by atoms with van der Waals surface area (Å²) < 4.78 is 14.7. The van der Waals surface area contributed by atoms with Crippen molar-refractivity contribution in [3.8, 4) is 11.3 Å². The van der Waals surface area contributed by atoms with Gasteiger partial charge in [0.15, 0.2) is 5.82 Å². The van der Waals surface area contributed by atoms with Crippen molar-refractivity contribution in [2.75, 3.05) is 0 Å². The van der Waals surface area contributed by atoms with Gasteiger partial charge in [0.2, 0.25) is 0 Å². The van der Waals surface area contributed by atoms with E-state index in [1.54, 1.807) is 25.5 Å². The van der Waals surface area contributed by atoms with Crippen LogP contribution in [0.2, 0.25) is 0 Å². The van der Waals surface area contributed by atoms with Crippen LogP contribution in [0.25, 0.3) is 11.3 Å². The van der Waals surface area contributed by atoms with Crippen molar-refractivity contribution >= 4 is 0 Å². The topological polar surface area (TPSA) is 61.4 Å². The number of benzene rings is 1. The Morgan fingerprint density at radius 3 is 2.68 bits per heavy atom. The van der Waals surface area contributed by atoms with Gasteiger partial charge < -0.3 is 4.57 Å². The second-order valence-electron chi connectivity index (χ2n) is 4.13. The van der Waals surface area contributed by atoms with Gasteiger partial charge in [0, 0.05) is 11.8 Å². The average Bonchev–Trinajstić information content (AvgIpc) is 3.00. The Labute approximate surface area is 108 Å². The van der Waals surface area contributed by atoms with Gasteiger partial charge in [-0.05, 0) is 29.5 Å². The Hall–Kier alpha value is -2.57. The minimum Gasteiger partial charge on any atom is -0.329 e. The van der Waals surface area contributed by atoms with Gasteiger partial charge in [0.1, 0.15) is 5.82 Å². The maximum atomic E-state index is 12.8. The molecule has 0 spiro atoms. The second-order valence-corrected chi connectivity index (χ2v) is 4.13. The largest absolute Gasteiger partial charge is 0.329 e. The highest BCUT2D eigenvalue weighted by Gasteiger charge is 2.05. The van der Waals surface area contributed by atoms with Gasteiger partial charge in [-0.3, -0.25) is 0 Å². The summed E-state index contributed by atoms with van der Waals surface area (Å²) >= 11 is 0. The molecule has 2 aromatic heterocycles. The van der Waals surface area contributed by atoms with Crippen molar-refractivity contribution < 1.29 is 4.39 Å². The molecule has 0 aliphatic heterocycles. The molecule has 0 N–H and O–H groups in total. The predicted octanol–water partition coefficient (Wildman–Crippen LogP) is 1.26. The fourth-order valence-corrected chi connectivity index (χ4v) is 1.77. The summed E-state index contributed by atoms with van der Waals surface area (Å²) in [6.45, 7) is 0.502. The fourth-order valence-electron chi connectivity index (χ4n) is 1.77. The molecule has 0 saturated carbocycles. The third-order valence-corrected chi connectivity index (χ3v) is 2.65. The number of hydrogen-bond acceptors (Lipinski definition) is 4. The number of tetrazole rings is 1. The van der Waals surface area contributed by atoms with Gasteiger partial charge in [0.05, 0.1) is 25.6 Å². The van der Waals surface area contributed by atoms with Crippen LogP contribution in [-0.2, 0) is 13.6 Å². The van der Waals surface area contributed by atoms with E-state index in [2.05, 4.69) is 20.4 Å². The molecule has 3 aromatic rings. The van der Waals surface area contributed by atoms with Gasteiger partial charge in [-0.2, -0.15) is 4.80 Å². The molecule has 0 fully saturated rings. The van der Waals surface area contributed by atoms with Crippen LogP contribution < -0.4 is 0 Å². The lowest BCUT2D eigenvalue weighted by Crippen LogP contribution is -1.99. The lowest BCUT2D eigenvalue weighted by atomic mass is 10.2. The highest BCUT2D eigenvalue weighted by atomic mass is 19.1. The van der Waals surface area contributed by atoms with Crippen molar-refractivity contribution in [3.63, 3.8) is 0 Å². The average molecular weight is 258 g/mol. The number of halogens is 1. The minimum absolute atomic E-state index is 0.257. The van der Waals surface area contributed by atoms with Crippen LogP contribution in [-0.4, -0.2) is 29.8 Å². The van der Waals surface area contributed by atoms with E-state index in [9.17, 15) is 4.39 Å². The molecule has 2 heterocycles. The van der Waals surface area contributed by atoms with Crippen LogP contribution in [0.15, 0.2) is 36.8 Å². The Balaban J connectivity index is 1.81. The van der Waals surface area contributed by atoms with Gasteiger partial charge in [-0.25, -0.2) is 9.37 Å². The Kier molecular flexibility index (Phi) is 2.79. The predicted molar refractivity (Wildman–Crippen MR) is 65.5 cm³/mol. The molecule has 0 bridgehead atoms. The zero-order chi connectivity index (χ0) is 13.2. The van der Waals surface area contributed by atoms with Crippen molar-refractivity contribution in [1.82, 2.24) is 29.8 Å². The van der Waals surface area contributed by atoms with E-state index in [-0.39, 0.29) is 5.82 Å². The maximum Gasteiger partial charge on any atom is 0.194 e. The molecular weight excluding hydrogens is 247 g/mol. The maximum absolute atomic E-state index is 12.8. The molecule has 0 aliphatic rings. The summed E-state index contributed by atoms with van der Waals surface area (Å²) in [4.78, 5) is 5.69. The first kappa shape index (κ1) is 11.5. The number of rotatable bonds is 3. The van der Waals surface area contributed by atoms with E-state index in [0.29, 0.717) is 12.4 Å². The summed E-state index contributed by atoms with van der Waals surface area (Å²) in [7, 11) is 1.72. The highest BCUT2D eigenvalue weighted by Crippen LogP contribution is 2.17. The normalized spacial score (nSPS) is 10.8. The van der Waals surface area contributed by atoms with Gasteiger partial charge in [0.25, 0.3) is 0 Å². The zero-order valence-corrected chi connectivity index (χ0v) is 10.2. The third-order valence-electron chi connectivity index (χ3n) is 2.65. The number of hydrogen-bond donors (Lipinski definition) is 0. The molecule has 19 heavy (non-hydrogen) atoms. The Bertz CT molecular complexity index is 684. The molecule has 0 atom stereocenters. The third kappa shape index (κ3) is 2.49. The van der Waals surface area contributed by atoms with E-state index in [1.165, 1.54) is 16.9 Å². The highest BCUT2D eigenvalue weighted by molar-refractivity contribution is 5.57. The summed E-state index contributed by atoms with van der Waals surface area (Å²) in [5.41, 5.74) is 1.65. The monoisotopic (exact) mass is 258 g/mol. The quantitative estimate of drug-likeness (QED) is 0.709. The van der Waals surface area contributed by atoms with Gasteiger partial charge >= 0.3 is 0 Å². The van der Waals surface area contributed by atoms with Crippen LogP contribution in [0.5, 0.6) is 0 Å². The summed E-state index contributed by atoms with van der Waals surface area (Å²) in [6, 6.07) is 6.22. The smallest absolute Gasteiger partial charge is 0.194 e. The molecule has 6 nitrogen and oxygen atoms in total. The first-order valence-electron chi connectivity index (χ1n) is 5.71. The van der Waals surface area contributed by atoms with E-state index in [0.717, 1.165) is 11.3 Å². The number of aromatic nitrogens is 6. The van der Waals surface area contributed by atoms with Gasteiger partial charge in [-0.15, -0.1) is 10.2 Å². The van der Waals surface area contributed by atoms with E-state index >= 15 is 0 Å². The van der Waals surface area contributed by atoms with Crippen LogP contribution in [0.1, 0.15) is 5.82 Å². The first-order chi connectivity index (χ1) is 9.20. The van der Waals surface area contributed by atoms with Crippen molar-refractivity contribution in [2.45, 2.75) is 6.54 Å². The van der Waals surface area contributed by atoms with Crippen LogP contribution in [0.4, 0.5) is 4.39 Å². The lowest BCUT2D eigenvalue weighted by molar-refractivity contribution is 0.625. The molecule has 0 amide bonds.